The third-order valence-corrected chi connectivity index (χ3v) is 3.67. The Labute approximate surface area is 151 Å². The maximum absolute atomic E-state index is 11.9. The molecule has 0 aromatic heterocycles. The average Bonchev–Trinajstić information content (AvgIpc) is 2.64. The van der Waals surface area contributed by atoms with E-state index in [0.29, 0.717) is 0 Å². The van der Waals surface area contributed by atoms with Crippen molar-refractivity contribution >= 4 is 23.5 Å². The first-order valence-corrected chi connectivity index (χ1v) is 8.35. The first-order chi connectivity index (χ1) is 12.4. The van der Waals surface area contributed by atoms with Crippen molar-refractivity contribution in [2.75, 3.05) is 13.2 Å². The fourth-order valence-electron chi connectivity index (χ4n) is 2.10. The van der Waals surface area contributed by atoms with Crippen LogP contribution in [0.4, 0.5) is 5.69 Å². The SMILES string of the molecule is CCC(CC)NC(=O)COC(=O)CCNC(=O)c1ccc([N+](=O)[O-])cc1. The van der Waals surface area contributed by atoms with Gasteiger partial charge in [0.15, 0.2) is 6.61 Å². The molecular weight excluding hydrogens is 342 g/mol. The van der Waals surface area contributed by atoms with Gasteiger partial charge in [-0.15, -0.1) is 0 Å². The number of amides is 2. The Balaban J connectivity index is 2.29. The quantitative estimate of drug-likeness (QED) is 0.368. The van der Waals surface area contributed by atoms with Crippen LogP contribution in [-0.4, -0.2) is 41.9 Å². The lowest BCUT2D eigenvalue weighted by molar-refractivity contribution is -0.384. The number of nitro benzene ring substituents is 1. The van der Waals surface area contributed by atoms with E-state index in [-0.39, 0.29) is 42.8 Å². The third kappa shape index (κ3) is 7.29. The van der Waals surface area contributed by atoms with Crippen molar-refractivity contribution in [2.24, 2.45) is 0 Å². The third-order valence-electron chi connectivity index (χ3n) is 3.67. The standard InChI is InChI=1S/C17H23N3O6/c1-3-13(4-2)19-15(21)11-26-16(22)9-10-18-17(23)12-5-7-14(8-6-12)20(24)25/h5-8,13H,3-4,9-11H2,1-2H3,(H,18,23)(H,19,21). The van der Waals surface area contributed by atoms with Crippen LogP contribution >= 0.6 is 0 Å². The van der Waals surface area contributed by atoms with Crippen molar-refractivity contribution in [1.29, 1.82) is 0 Å². The van der Waals surface area contributed by atoms with Crippen LogP contribution in [-0.2, 0) is 14.3 Å². The number of non-ortho nitro benzene ring substituents is 1. The van der Waals surface area contributed by atoms with Gasteiger partial charge >= 0.3 is 5.97 Å². The highest BCUT2D eigenvalue weighted by atomic mass is 16.6. The summed E-state index contributed by atoms with van der Waals surface area (Å²) in [5.41, 5.74) is 0.130. The molecule has 0 heterocycles. The van der Waals surface area contributed by atoms with Crippen LogP contribution in [0.15, 0.2) is 24.3 Å². The number of hydrogen-bond donors (Lipinski definition) is 2. The summed E-state index contributed by atoms with van der Waals surface area (Å²) in [5, 5.41) is 15.8. The summed E-state index contributed by atoms with van der Waals surface area (Å²) in [6.45, 7) is 3.58. The molecule has 0 saturated carbocycles. The van der Waals surface area contributed by atoms with Crippen molar-refractivity contribution in [3.05, 3.63) is 39.9 Å². The molecule has 0 aliphatic heterocycles. The van der Waals surface area contributed by atoms with E-state index >= 15 is 0 Å². The molecule has 0 fully saturated rings. The van der Waals surface area contributed by atoms with Crippen molar-refractivity contribution in [3.63, 3.8) is 0 Å². The van der Waals surface area contributed by atoms with Gasteiger partial charge in [-0.05, 0) is 25.0 Å². The van der Waals surface area contributed by atoms with Crippen LogP contribution in [0.2, 0.25) is 0 Å². The summed E-state index contributed by atoms with van der Waals surface area (Å²) in [4.78, 5) is 45.1. The Morgan fingerprint density at radius 2 is 1.77 bits per heavy atom. The van der Waals surface area contributed by atoms with Crippen molar-refractivity contribution in [2.45, 2.75) is 39.2 Å². The van der Waals surface area contributed by atoms with Crippen molar-refractivity contribution in [3.8, 4) is 0 Å². The van der Waals surface area contributed by atoms with E-state index in [2.05, 4.69) is 10.6 Å². The molecule has 142 valence electrons. The molecule has 0 aliphatic rings. The average molecular weight is 365 g/mol. The van der Waals surface area contributed by atoms with Gasteiger partial charge in [0, 0.05) is 30.3 Å². The highest BCUT2D eigenvalue weighted by Gasteiger charge is 2.12. The molecule has 1 rings (SSSR count). The Kier molecular flexibility index (Phi) is 8.76. The van der Waals surface area contributed by atoms with Gasteiger partial charge in [-0.3, -0.25) is 24.5 Å². The molecule has 2 amide bonds. The minimum atomic E-state index is -0.603. The number of esters is 1. The number of nitro groups is 1. The van der Waals surface area contributed by atoms with E-state index in [4.69, 9.17) is 4.74 Å². The normalized spacial score (nSPS) is 10.3. The van der Waals surface area contributed by atoms with E-state index in [1.165, 1.54) is 24.3 Å². The summed E-state index contributed by atoms with van der Waals surface area (Å²) in [6.07, 6.45) is 1.51. The monoisotopic (exact) mass is 365 g/mol. The second-order valence-corrected chi connectivity index (χ2v) is 5.55. The van der Waals surface area contributed by atoms with Gasteiger partial charge in [0.2, 0.25) is 0 Å². The van der Waals surface area contributed by atoms with E-state index < -0.39 is 16.8 Å². The van der Waals surface area contributed by atoms with Gasteiger partial charge in [0.1, 0.15) is 0 Å². The number of carbonyl (C=O) groups excluding carboxylic acids is 3. The molecule has 2 N–H and O–H groups in total. The molecule has 0 saturated heterocycles. The topological polar surface area (TPSA) is 128 Å². The summed E-state index contributed by atoms with van der Waals surface area (Å²) in [7, 11) is 0. The molecule has 26 heavy (non-hydrogen) atoms. The zero-order valence-electron chi connectivity index (χ0n) is 14.8. The minimum Gasteiger partial charge on any atom is -0.456 e. The van der Waals surface area contributed by atoms with E-state index in [0.717, 1.165) is 12.8 Å². The number of ether oxygens (including phenoxy) is 1. The van der Waals surface area contributed by atoms with Gasteiger partial charge in [-0.2, -0.15) is 0 Å². The maximum atomic E-state index is 11.9. The molecule has 0 bridgehead atoms. The van der Waals surface area contributed by atoms with Gasteiger partial charge in [0.25, 0.3) is 17.5 Å². The summed E-state index contributed by atoms with van der Waals surface area (Å²) < 4.78 is 4.85. The lowest BCUT2D eigenvalue weighted by Gasteiger charge is -2.14. The van der Waals surface area contributed by atoms with Gasteiger partial charge in [0.05, 0.1) is 11.3 Å². The van der Waals surface area contributed by atoms with Crippen molar-refractivity contribution < 1.29 is 24.0 Å². The highest BCUT2D eigenvalue weighted by molar-refractivity contribution is 5.94. The molecule has 0 atom stereocenters. The summed E-state index contributed by atoms with van der Waals surface area (Å²) >= 11 is 0. The first kappa shape index (κ1) is 21.1. The number of benzene rings is 1. The maximum Gasteiger partial charge on any atom is 0.308 e. The summed E-state index contributed by atoms with van der Waals surface area (Å²) in [5.74, 6) is -1.42. The minimum absolute atomic E-state index is 0.0306. The van der Waals surface area contributed by atoms with Gasteiger partial charge < -0.3 is 15.4 Å². The molecule has 0 unspecified atom stereocenters. The van der Waals surface area contributed by atoms with Crippen LogP contribution in [0.25, 0.3) is 0 Å². The lowest BCUT2D eigenvalue weighted by atomic mass is 10.2. The number of nitrogens with zero attached hydrogens (tertiary/aromatic N) is 1. The molecule has 0 radical (unpaired) electrons. The number of carbonyl (C=O) groups is 3. The number of nitrogens with one attached hydrogen (secondary N) is 2. The van der Waals surface area contributed by atoms with Crippen LogP contribution < -0.4 is 10.6 Å². The van der Waals surface area contributed by atoms with E-state index in [9.17, 15) is 24.5 Å². The fourth-order valence-corrected chi connectivity index (χ4v) is 2.10. The first-order valence-electron chi connectivity index (χ1n) is 8.35. The van der Waals surface area contributed by atoms with Gasteiger partial charge in [-0.1, -0.05) is 13.8 Å². The molecule has 0 spiro atoms. The Morgan fingerprint density at radius 1 is 1.15 bits per heavy atom. The van der Waals surface area contributed by atoms with Crippen molar-refractivity contribution in [1.82, 2.24) is 10.6 Å². The lowest BCUT2D eigenvalue weighted by Crippen LogP contribution is -2.37. The van der Waals surface area contributed by atoms with E-state index in [1.807, 2.05) is 13.8 Å². The largest absolute Gasteiger partial charge is 0.456 e. The predicted octanol–water partition coefficient (Wildman–Crippen LogP) is 1.56. The zero-order chi connectivity index (χ0) is 19.5. The predicted molar refractivity (Wildman–Crippen MR) is 93.5 cm³/mol. The fraction of sp³-hybridized carbons (Fsp3) is 0.471. The smallest absolute Gasteiger partial charge is 0.308 e. The molecule has 1 aromatic rings. The van der Waals surface area contributed by atoms with E-state index in [1.54, 1.807) is 0 Å². The Hall–Kier alpha value is -2.97. The van der Waals surface area contributed by atoms with Crippen LogP contribution in [0.3, 0.4) is 0 Å². The summed E-state index contributed by atoms with van der Waals surface area (Å²) in [6, 6.07) is 5.16. The second kappa shape index (κ2) is 10.8. The Bertz CT molecular complexity index is 640. The van der Waals surface area contributed by atoms with Crippen LogP contribution in [0.1, 0.15) is 43.5 Å². The zero-order valence-corrected chi connectivity index (χ0v) is 14.8. The van der Waals surface area contributed by atoms with Crippen LogP contribution in [0.5, 0.6) is 0 Å². The molecule has 9 nitrogen and oxygen atoms in total. The Morgan fingerprint density at radius 3 is 2.31 bits per heavy atom. The molecule has 9 heteroatoms. The number of hydrogen-bond acceptors (Lipinski definition) is 6. The molecule has 1 aromatic carbocycles. The molecular formula is C17H23N3O6. The van der Waals surface area contributed by atoms with Crippen LogP contribution in [0, 0.1) is 10.1 Å². The second-order valence-electron chi connectivity index (χ2n) is 5.55. The van der Waals surface area contributed by atoms with Gasteiger partial charge in [-0.25, -0.2) is 0 Å². The highest BCUT2D eigenvalue weighted by Crippen LogP contribution is 2.11. The number of rotatable bonds is 10. The molecule has 0 aliphatic carbocycles.